The molecule has 0 radical (unpaired) electrons. The molecule has 4 heteroatoms. The Morgan fingerprint density at radius 3 is 2.70 bits per heavy atom. The molecule has 0 saturated carbocycles. The summed E-state index contributed by atoms with van der Waals surface area (Å²) in [5, 5.41) is 10.3. The van der Waals surface area contributed by atoms with Gasteiger partial charge in [-0.2, -0.15) is 0 Å². The van der Waals surface area contributed by atoms with Crippen LogP contribution >= 0.6 is 0 Å². The van der Waals surface area contributed by atoms with Crippen LogP contribution in [0.5, 0.6) is 0 Å². The van der Waals surface area contributed by atoms with Gasteiger partial charge >= 0.3 is 0 Å². The van der Waals surface area contributed by atoms with Gasteiger partial charge in [0.1, 0.15) is 11.6 Å². The zero-order valence-corrected chi connectivity index (χ0v) is 12.0. The van der Waals surface area contributed by atoms with E-state index in [1.165, 1.54) is 12.1 Å². The Hall–Kier alpha value is -1.65. The number of rotatable bonds is 5. The average molecular weight is 277 g/mol. The summed E-state index contributed by atoms with van der Waals surface area (Å²) >= 11 is 0. The van der Waals surface area contributed by atoms with E-state index in [4.69, 9.17) is 4.42 Å². The minimum absolute atomic E-state index is 0.0698. The molecule has 2 unspecified atom stereocenters. The van der Waals surface area contributed by atoms with Crippen LogP contribution in [-0.2, 0) is 0 Å². The maximum absolute atomic E-state index is 13.1. The van der Waals surface area contributed by atoms with Gasteiger partial charge < -0.3 is 9.52 Å². The highest BCUT2D eigenvalue weighted by molar-refractivity contribution is 5.28. The standard InChI is InChI=1S/C16H20FNO2/c1-11-9-13(17)6-7-14(11)15(19)10-18(3)12(2)16-5-4-8-20-16/h4-9,12,15,19H,10H2,1-3H3. The third-order valence-corrected chi connectivity index (χ3v) is 3.67. The first-order valence-electron chi connectivity index (χ1n) is 6.66. The Balaban J connectivity index is 2.05. The number of aryl methyl sites for hydroxylation is 1. The van der Waals surface area contributed by atoms with Gasteiger partial charge in [0.15, 0.2) is 0 Å². The van der Waals surface area contributed by atoms with Crippen molar-refractivity contribution < 1.29 is 13.9 Å². The van der Waals surface area contributed by atoms with E-state index in [2.05, 4.69) is 0 Å². The number of benzene rings is 1. The largest absolute Gasteiger partial charge is 0.468 e. The Morgan fingerprint density at radius 1 is 1.35 bits per heavy atom. The van der Waals surface area contributed by atoms with Crippen molar-refractivity contribution in [1.82, 2.24) is 4.90 Å². The van der Waals surface area contributed by atoms with E-state index >= 15 is 0 Å². The van der Waals surface area contributed by atoms with Gasteiger partial charge in [0.05, 0.1) is 18.4 Å². The lowest BCUT2D eigenvalue weighted by molar-refractivity contribution is 0.102. The first-order chi connectivity index (χ1) is 9.49. The average Bonchev–Trinajstić information content (AvgIpc) is 2.91. The second-order valence-electron chi connectivity index (χ2n) is 5.15. The molecule has 1 aromatic carbocycles. The Labute approximate surface area is 118 Å². The van der Waals surface area contributed by atoms with Crippen LogP contribution in [-0.4, -0.2) is 23.6 Å². The molecule has 0 bridgehead atoms. The molecular formula is C16H20FNO2. The van der Waals surface area contributed by atoms with Crippen molar-refractivity contribution in [2.24, 2.45) is 0 Å². The highest BCUT2D eigenvalue weighted by Crippen LogP contribution is 2.24. The summed E-state index contributed by atoms with van der Waals surface area (Å²) in [6.45, 7) is 4.27. The number of aliphatic hydroxyl groups excluding tert-OH is 1. The summed E-state index contributed by atoms with van der Waals surface area (Å²) in [5.41, 5.74) is 1.52. The third-order valence-electron chi connectivity index (χ3n) is 3.67. The third kappa shape index (κ3) is 3.26. The molecule has 1 aromatic heterocycles. The van der Waals surface area contributed by atoms with E-state index < -0.39 is 6.10 Å². The molecule has 2 rings (SSSR count). The minimum Gasteiger partial charge on any atom is -0.468 e. The smallest absolute Gasteiger partial charge is 0.123 e. The van der Waals surface area contributed by atoms with Crippen LogP contribution in [0.15, 0.2) is 41.0 Å². The topological polar surface area (TPSA) is 36.6 Å². The summed E-state index contributed by atoms with van der Waals surface area (Å²) in [6, 6.07) is 8.29. The molecule has 2 atom stereocenters. The molecule has 2 aromatic rings. The van der Waals surface area contributed by atoms with Gasteiger partial charge in [-0.05, 0) is 56.3 Å². The molecule has 1 N–H and O–H groups in total. The van der Waals surface area contributed by atoms with E-state index in [0.29, 0.717) is 6.54 Å². The number of nitrogens with zero attached hydrogens (tertiary/aromatic N) is 1. The van der Waals surface area contributed by atoms with Gasteiger partial charge in [-0.1, -0.05) is 6.07 Å². The molecule has 0 aliphatic rings. The number of hydrogen-bond donors (Lipinski definition) is 1. The minimum atomic E-state index is -0.655. The Kier molecular flexibility index (Phi) is 4.57. The fourth-order valence-electron chi connectivity index (χ4n) is 2.29. The summed E-state index contributed by atoms with van der Waals surface area (Å²) < 4.78 is 18.5. The molecular weight excluding hydrogens is 257 g/mol. The maximum atomic E-state index is 13.1. The van der Waals surface area contributed by atoms with Crippen LogP contribution in [0, 0.1) is 12.7 Å². The van der Waals surface area contributed by atoms with Gasteiger partial charge in [0.2, 0.25) is 0 Å². The number of furan rings is 1. The zero-order chi connectivity index (χ0) is 14.7. The summed E-state index contributed by atoms with van der Waals surface area (Å²) in [4.78, 5) is 2.01. The summed E-state index contributed by atoms with van der Waals surface area (Å²) in [5.74, 6) is 0.575. The maximum Gasteiger partial charge on any atom is 0.123 e. The molecule has 0 aliphatic heterocycles. The first kappa shape index (κ1) is 14.8. The van der Waals surface area contributed by atoms with Gasteiger partial charge in [0, 0.05) is 6.54 Å². The van der Waals surface area contributed by atoms with E-state index in [-0.39, 0.29) is 11.9 Å². The molecule has 3 nitrogen and oxygen atoms in total. The number of halogens is 1. The highest BCUT2D eigenvalue weighted by Gasteiger charge is 2.19. The second kappa shape index (κ2) is 6.20. The van der Waals surface area contributed by atoms with E-state index in [9.17, 15) is 9.50 Å². The van der Waals surface area contributed by atoms with Crippen LogP contribution in [0.4, 0.5) is 4.39 Å². The number of likely N-dealkylation sites (N-methyl/N-ethyl adjacent to an activating group) is 1. The highest BCUT2D eigenvalue weighted by atomic mass is 19.1. The van der Waals surface area contributed by atoms with Gasteiger partial charge in [-0.15, -0.1) is 0 Å². The van der Waals surface area contributed by atoms with Gasteiger partial charge in [0.25, 0.3) is 0 Å². The van der Waals surface area contributed by atoms with Crippen molar-refractivity contribution in [1.29, 1.82) is 0 Å². The molecule has 1 heterocycles. The lowest BCUT2D eigenvalue weighted by Gasteiger charge is -2.26. The second-order valence-corrected chi connectivity index (χ2v) is 5.15. The van der Waals surface area contributed by atoms with Crippen molar-refractivity contribution in [2.75, 3.05) is 13.6 Å². The monoisotopic (exact) mass is 277 g/mol. The van der Waals surface area contributed by atoms with Crippen LogP contribution in [0.2, 0.25) is 0 Å². The zero-order valence-electron chi connectivity index (χ0n) is 12.0. The molecule has 108 valence electrons. The van der Waals surface area contributed by atoms with Crippen molar-refractivity contribution in [3.05, 3.63) is 59.3 Å². The summed E-state index contributed by atoms with van der Waals surface area (Å²) in [6.07, 6.45) is 0.984. The van der Waals surface area contributed by atoms with Crippen LogP contribution in [0.1, 0.15) is 36.0 Å². The fourth-order valence-corrected chi connectivity index (χ4v) is 2.29. The number of hydrogen-bond acceptors (Lipinski definition) is 3. The fraction of sp³-hybridized carbons (Fsp3) is 0.375. The van der Waals surface area contributed by atoms with Crippen LogP contribution in [0.3, 0.4) is 0 Å². The molecule has 0 fully saturated rings. The van der Waals surface area contributed by atoms with Crippen molar-refractivity contribution in [3.8, 4) is 0 Å². The molecule has 0 aliphatic carbocycles. The predicted molar refractivity (Wildman–Crippen MR) is 75.8 cm³/mol. The SMILES string of the molecule is Cc1cc(F)ccc1C(O)CN(C)C(C)c1ccco1. The van der Waals surface area contributed by atoms with Gasteiger partial charge in [-0.3, -0.25) is 4.90 Å². The lowest BCUT2D eigenvalue weighted by Crippen LogP contribution is -2.27. The first-order valence-corrected chi connectivity index (χ1v) is 6.66. The number of aliphatic hydroxyl groups is 1. The molecule has 20 heavy (non-hydrogen) atoms. The molecule has 0 spiro atoms. The van der Waals surface area contributed by atoms with Gasteiger partial charge in [-0.25, -0.2) is 4.39 Å². The van der Waals surface area contributed by atoms with Crippen molar-refractivity contribution >= 4 is 0 Å². The predicted octanol–water partition coefficient (Wildman–Crippen LogP) is 3.45. The van der Waals surface area contributed by atoms with Crippen molar-refractivity contribution in [2.45, 2.75) is 26.0 Å². The lowest BCUT2D eigenvalue weighted by atomic mass is 10.0. The van der Waals surface area contributed by atoms with E-state index in [1.807, 2.05) is 31.0 Å². The van der Waals surface area contributed by atoms with E-state index in [1.54, 1.807) is 19.3 Å². The van der Waals surface area contributed by atoms with Crippen LogP contribution in [0.25, 0.3) is 0 Å². The quantitative estimate of drug-likeness (QED) is 0.909. The van der Waals surface area contributed by atoms with Crippen LogP contribution < -0.4 is 0 Å². The molecule has 0 amide bonds. The normalized spacial score (nSPS) is 14.5. The Morgan fingerprint density at radius 2 is 2.10 bits per heavy atom. The van der Waals surface area contributed by atoms with Crippen molar-refractivity contribution in [3.63, 3.8) is 0 Å². The Bertz CT molecular complexity index is 554. The molecule has 0 saturated heterocycles. The summed E-state index contributed by atoms with van der Waals surface area (Å²) in [7, 11) is 1.93. The van der Waals surface area contributed by atoms with E-state index in [0.717, 1.165) is 16.9 Å².